The van der Waals surface area contributed by atoms with Crippen LogP contribution in [0, 0.1) is 17.8 Å². The summed E-state index contributed by atoms with van der Waals surface area (Å²) in [5.74, 6) is -0.135. The summed E-state index contributed by atoms with van der Waals surface area (Å²) in [4.78, 5) is 13.2. The number of carboxylic acids is 1. The van der Waals surface area contributed by atoms with Crippen LogP contribution in [0.1, 0.15) is 67.0 Å². The van der Waals surface area contributed by atoms with Crippen LogP contribution >= 0.6 is 0 Å². The van der Waals surface area contributed by atoms with Crippen LogP contribution < -0.4 is 4.74 Å². The van der Waals surface area contributed by atoms with Gasteiger partial charge < -0.3 is 9.84 Å². The van der Waals surface area contributed by atoms with E-state index in [-0.39, 0.29) is 35.1 Å². The first kappa shape index (κ1) is 26.5. The molecule has 2 aliphatic carbocycles. The van der Waals surface area contributed by atoms with Crippen LogP contribution in [0.5, 0.6) is 5.75 Å². The Morgan fingerprint density at radius 1 is 1.10 bits per heavy atom. The van der Waals surface area contributed by atoms with E-state index in [4.69, 9.17) is 4.74 Å². The van der Waals surface area contributed by atoms with Gasteiger partial charge in [-0.3, -0.25) is 9.69 Å². The van der Waals surface area contributed by atoms with Crippen LogP contribution in [-0.4, -0.2) is 33.7 Å². The van der Waals surface area contributed by atoms with E-state index in [2.05, 4.69) is 0 Å². The number of alkyl halides is 6. The maximum atomic E-state index is 13.7. The average Bonchev–Trinajstić information content (AvgIpc) is 3.73. The third-order valence-electron chi connectivity index (χ3n) is 9.47. The van der Waals surface area contributed by atoms with Crippen LogP contribution in [-0.2, 0) is 30.0 Å². The molecule has 2 aliphatic heterocycles. The highest BCUT2D eigenvalue weighted by atomic mass is 19.4. The molecule has 8 atom stereocenters. The zero-order chi connectivity index (χ0) is 28.1. The molecule has 210 valence electrons. The van der Waals surface area contributed by atoms with Gasteiger partial charge in [0.05, 0.1) is 17.0 Å². The molecule has 3 fully saturated rings. The molecule has 2 aromatic rings. The SMILES string of the molecule is C[C@@H](Cc1ccc2c(c1)OC(C1CC3N([C@@H](C)c4cc(C(F)(F)F)ccc4C(F)(F)F)C34CC14)CC2)C(=O)O. The van der Waals surface area contributed by atoms with Crippen molar-refractivity contribution in [3.05, 3.63) is 64.2 Å². The number of carbonyl (C=O) groups is 1. The van der Waals surface area contributed by atoms with Crippen molar-refractivity contribution in [1.82, 2.24) is 4.90 Å². The molecule has 2 heterocycles. The number of carboxylic acid groups (broad SMARTS) is 1. The number of hydrogen-bond acceptors (Lipinski definition) is 3. The van der Waals surface area contributed by atoms with Gasteiger partial charge in [-0.15, -0.1) is 0 Å². The maximum absolute atomic E-state index is 13.7. The minimum absolute atomic E-state index is 0.0332. The number of hydrogen-bond donors (Lipinski definition) is 1. The number of nitrogens with zero attached hydrogens (tertiary/aromatic N) is 1. The summed E-state index contributed by atoms with van der Waals surface area (Å²) in [5.41, 5.74) is -0.691. The second-order valence-electron chi connectivity index (χ2n) is 11.7. The lowest BCUT2D eigenvalue weighted by molar-refractivity contribution is -0.142. The Morgan fingerprint density at radius 2 is 1.85 bits per heavy atom. The van der Waals surface area contributed by atoms with Gasteiger partial charge in [-0.25, -0.2) is 0 Å². The standard InChI is InChI=1S/C29H29F6NO3/c1-14(26(37)38)9-16-3-4-17-5-8-23(39-24(17)10-16)20-12-25-27(13-22(20)27)36(25)15(2)19-11-18(28(30,31)32)6-7-21(19)29(33,34)35/h3-4,6-7,10-11,14-15,20,22-23,25H,5,8-9,12-13H2,1-2H3,(H,37,38)/t14-,15-,20?,22?,23?,25?,27?,36?/m0/s1. The molecule has 2 saturated carbocycles. The molecule has 1 N–H and O–H groups in total. The van der Waals surface area contributed by atoms with Crippen LogP contribution in [0.3, 0.4) is 0 Å². The largest absolute Gasteiger partial charge is 0.490 e. The van der Waals surface area contributed by atoms with E-state index in [0.717, 1.165) is 42.6 Å². The summed E-state index contributed by atoms with van der Waals surface area (Å²) < 4.78 is 87.6. The fourth-order valence-electron chi connectivity index (χ4n) is 7.51. The third-order valence-corrected chi connectivity index (χ3v) is 9.47. The smallest absolute Gasteiger partial charge is 0.416 e. The molecule has 1 saturated heterocycles. The predicted molar refractivity (Wildman–Crippen MR) is 129 cm³/mol. The molecule has 2 aromatic carbocycles. The number of halogens is 6. The Balaban J connectivity index is 1.17. The summed E-state index contributed by atoms with van der Waals surface area (Å²) in [6.07, 6.45) is -5.90. The Hall–Kier alpha value is -2.75. The lowest BCUT2D eigenvalue weighted by Gasteiger charge is -2.33. The van der Waals surface area contributed by atoms with Gasteiger partial charge in [0.15, 0.2) is 0 Å². The zero-order valence-electron chi connectivity index (χ0n) is 21.4. The number of benzene rings is 2. The van der Waals surface area contributed by atoms with E-state index in [1.807, 2.05) is 23.1 Å². The minimum atomic E-state index is -4.74. The van der Waals surface area contributed by atoms with Crippen LogP contribution in [0.25, 0.3) is 0 Å². The van der Waals surface area contributed by atoms with Gasteiger partial charge in [0.25, 0.3) is 0 Å². The second-order valence-corrected chi connectivity index (χ2v) is 11.7. The van der Waals surface area contributed by atoms with Gasteiger partial charge in [-0.05, 0) is 85.9 Å². The fraction of sp³-hybridized carbons (Fsp3) is 0.552. The van der Waals surface area contributed by atoms with E-state index in [1.165, 1.54) is 0 Å². The van der Waals surface area contributed by atoms with Gasteiger partial charge in [0, 0.05) is 23.5 Å². The lowest BCUT2D eigenvalue weighted by atomic mass is 9.88. The van der Waals surface area contributed by atoms with Crippen molar-refractivity contribution in [1.29, 1.82) is 0 Å². The number of fused-ring (bicyclic) bond motifs is 1. The Morgan fingerprint density at radius 3 is 2.46 bits per heavy atom. The number of aryl methyl sites for hydroxylation is 1. The van der Waals surface area contributed by atoms with E-state index >= 15 is 0 Å². The van der Waals surface area contributed by atoms with E-state index in [9.17, 15) is 36.2 Å². The average molecular weight is 554 g/mol. The normalized spacial score (nSPS) is 32.4. The first-order valence-corrected chi connectivity index (χ1v) is 13.3. The number of ether oxygens (including phenoxy) is 1. The molecule has 0 radical (unpaired) electrons. The van der Waals surface area contributed by atoms with Gasteiger partial charge in [-0.2, -0.15) is 26.3 Å². The number of piperidine rings is 1. The molecule has 39 heavy (non-hydrogen) atoms. The Bertz CT molecular complexity index is 1320. The summed E-state index contributed by atoms with van der Waals surface area (Å²) in [6.45, 7) is 3.24. The summed E-state index contributed by atoms with van der Waals surface area (Å²) in [6, 6.07) is 6.80. The van der Waals surface area contributed by atoms with Crippen molar-refractivity contribution in [2.45, 2.75) is 82.0 Å². The van der Waals surface area contributed by atoms with E-state index in [1.54, 1.807) is 13.8 Å². The molecular formula is C29H29F6NO3. The zero-order valence-corrected chi connectivity index (χ0v) is 21.4. The Labute approximate surface area is 221 Å². The van der Waals surface area contributed by atoms with Crippen molar-refractivity contribution in [2.75, 3.05) is 0 Å². The Kier molecular flexibility index (Phi) is 5.85. The molecule has 4 nitrogen and oxygen atoms in total. The minimum Gasteiger partial charge on any atom is -0.490 e. The second kappa shape index (κ2) is 8.62. The molecule has 0 amide bonds. The van der Waals surface area contributed by atoms with Gasteiger partial charge in [0.2, 0.25) is 0 Å². The van der Waals surface area contributed by atoms with E-state index < -0.39 is 41.4 Å². The predicted octanol–water partition coefficient (Wildman–Crippen LogP) is 6.91. The summed E-state index contributed by atoms with van der Waals surface area (Å²) in [5, 5.41) is 9.23. The molecule has 0 aromatic heterocycles. The highest BCUT2D eigenvalue weighted by Gasteiger charge is 2.84. The maximum Gasteiger partial charge on any atom is 0.416 e. The monoisotopic (exact) mass is 553 g/mol. The van der Waals surface area contributed by atoms with Crippen molar-refractivity contribution in [3.63, 3.8) is 0 Å². The topological polar surface area (TPSA) is 49.5 Å². The van der Waals surface area contributed by atoms with Crippen molar-refractivity contribution in [3.8, 4) is 5.75 Å². The highest BCUT2D eigenvalue weighted by Crippen LogP contribution is 2.77. The molecule has 4 aliphatic rings. The molecule has 6 rings (SSSR count). The molecule has 10 heteroatoms. The van der Waals surface area contributed by atoms with E-state index in [0.29, 0.717) is 24.6 Å². The summed E-state index contributed by atoms with van der Waals surface area (Å²) >= 11 is 0. The van der Waals surface area contributed by atoms with Crippen LogP contribution in [0.4, 0.5) is 26.3 Å². The molecule has 1 spiro atoms. The van der Waals surface area contributed by atoms with Crippen molar-refractivity contribution >= 4 is 5.97 Å². The van der Waals surface area contributed by atoms with Gasteiger partial charge >= 0.3 is 18.3 Å². The number of rotatable bonds is 6. The van der Waals surface area contributed by atoms with Crippen molar-refractivity contribution in [2.24, 2.45) is 17.8 Å². The molecular weight excluding hydrogens is 524 g/mol. The van der Waals surface area contributed by atoms with Crippen molar-refractivity contribution < 1.29 is 41.0 Å². The van der Waals surface area contributed by atoms with Crippen LogP contribution in [0.15, 0.2) is 36.4 Å². The van der Waals surface area contributed by atoms with Crippen LogP contribution in [0.2, 0.25) is 0 Å². The van der Waals surface area contributed by atoms with Gasteiger partial charge in [-0.1, -0.05) is 19.1 Å². The summed E-state index contributed by atoms with van der Waals surface area (Å²) in [7, 11) is 0. The molecule has 0 bridgehead atoms. The quantitative estimate of drug-likeness (QED) is 0.312. The first-order chi connectivity index (χ1) is 18.2. The molecule has 6 unspecified atom stereocenters. The number of aliphatic carboxylic acids is 1. The lowest BCUT2D eigenvalue weighted by Crippen LogP contribution is -2.33. The highest BCUT2D eigenvalue weighted by molar-refractivity contribution is 5.70. The third kappa shape index (κ3) is 4.30. The fourth-order valence-corrected chi connectivity index (χ4v) is 7.51. The first-order valence-electron chi connectivity index (χ1n) is 13.3. The van der Waals surface area contributed by atoms with Gasteiger partial charge in [0.1, 0.15) is 11.9 Å². The number of likely N-dealkylation sites (tertiary alicyclic amines) is 1.